The summed E-state index contributed by atoms with van der Waals surface area (Å²) in [6, 6.07) is 15.7. The third-order valence-corrected chi connectivity index (χ3v) is 5.02. The summed E-state index contributed by atoms with van der Waals surface area (Å²) in [6.07, 6.45) is 3.71. The van der Waals surface area contributed by atoms with E-state index in [4.69, 9.17) is 0 Å². The normalized spacial score (nSPS) is 12.3. The van der Waals surface area contributed by atoms with Crippen molar-refractivity contribution in [3.63, 3.8) is 0 Å². The summed E-state index contributed by atoms with van der Waals surface area (Å²) in [7, 11) is 0. The molecular weight excluding hydrogens is 336 g/mol. The Bertz CT molecular complexity index is 1120. The molecule has 0 aliphatic rings. The smallest absolute Gasteiger partial charge is 0.251 e. The summed E-state index contributed by atoms with van der Waals surface area (Å²) in [5, 5.41) is 8.72. The molecule has 5 nitrogen and oxygen atoms in total. The highest BCUT2D eigenvalue weighted by Gasteiger charge is 2.18. The summed E-state index contributed by atoms with van der Waals surface area (Å²) in [5.74, 6) is -0.0953. The summed E-state index contributed by atoms with van der Waals surface area (Å²) < 4.78 is 1.93. The fraction of sp³-hybridized carbons (Fsp3) is 0.182. The van der Waals surface area contributed by atoms with Crippen LogP contribution in [0.25, 0.3) is 16.6 Å². The molecule has 0 saturated carbocycles. The monoisotopic (exact) mass is 358 g/mol. The second kappa shape index (κ2) is 6.76. The first-order valence-electron chi connectivity index (χ1n) is 9.03. The van der Waals surface area contributed by atoms with Gasteiger partial charge in [0.25, 0.3) is 5.91 Å². The Labute approximate surface area is 158 Å². The number of aromatic nitrogens is 3. The van der Waals surface area contributed by atoms with Crippen molar-refractivity contribution in [2.45, 2.75) is 26.8 Å². The van der Waals surface area contributed by atoms with E-state index in [9.17, 15) is 4.79 Å². The zero-order valence-electron chi connectivity index (χ0n) is 15.7. The molecular formula is C22H22N4O. The van der Waals surface area contributed by atoms with Crippen LogP contribution in [0, 0.1) is 13.8 Å². The Morgan fingerprint density at radius 2 is 1.96 bits per heavy atom. The van der Waals surface area contributed by atoms with Crippen LogP contribution in [0.15, 0.2) is 60.9 Å². The third kappa shape index (κ3) is 3.12. The molecule has 0 unspecified atom stereocenters. The van der Waals surface area contributed by atoms with Gasteiger partial charge in [-0.15, -0.1) is 0 Å². The van der Waals surface area contributed by atoms with E-state index in [1.165, 1.54) is 0 Å². The predicted octanol–water partition coefficient (Wildman–Crippen LogP) is 4.46. The van der Waals surface area contributed by atoms with Crippen molar-refractivity contribution >= 4 is 16.8 Å². The van der Waals surface area contributed by atoms with Crippen LogP contribution in [0.4, 0.5) is 0 Å². The Hall–Kier alpha value is -3.34. The largest absolute Gasteiger partial charge is 0.361 e. The molecule has 0 fully saturated rings. The molecule has 5 heteroatoms. The highest BCUT2D eigenvalue weighted by atomic mass is 16.1. The number of hydrogen-bond donors (Lipinski definition) is 2. The van der Waals surface area contributed by atoms with Gasteiger partial charge in [0, 0.05) is 28.5 Å². The molecule has 136 valence electrons. The van der Waals surface area contributed by atoms with Crippen molar-refractivity contribution in [1.29, 1.82) is 0 Å². The van der Waals surface area contributed by atoms with E-state index in [2.05, 4.69) is 28.4 Å². The molecule has 2 aromatic carbocycles. The number of rotatable bonds is 4. The van der Waals surface area contributed by atoms with E-state index in [0.29, 0.717) is 5.56 Å². The number of aromatic amines is 1. The molecule has 0 spiro atoms. The van der Waals surface area contributed by atoms with E-state index < -0.39 is 0 Å². The topological polar surface area (TPSA) is 62.7 Å². The maximum Gasteiger partial charge on any atom is 0.251 e. The van der Waals surface area contributed by atoms with Crippen LogP contribution in [-0.4, -0.2) is 20.7 Å². The second-order valence-electron chi connectivity index (χ2n) is 6.86. The fourth-order valence-electron chi connectivity index (χ4n) is 3.44. The summed E-state index contributed by atoms with van der Waals surface area (Å²) in [5.41, 5.74) is 5.84. The Morgan fingerprint density at radius 3 is 2.78 bits per heavy atom. The summed E-state index contributed by atoms with van der Waals surface area (Å²) in [4.78, 5) is 15.8. The molecule has 2 N–H and O–H groups in total. The fourth-order valence-corrected chi connectivity index (χ4v) is 3.44. The number of nitrogens with one attached hydrogen (secondary N) is 2. The lowest BCUT2D eigenvalue weighted by Crippen LogP contribution is -2.26. The van der Waals surface area contributed by atoms with E-state index in [-0.39, 0.29) is 11.9 Å². The molecule has 2 heterocycles. The molecule has 27 heavy (non-hydrogen) atoms. The number of H-pyrrole nitrogens is 1. The predicted molar refractivity (Wildman–Crippen MR) is 107 cm³/mol. The Kier molecular flexibility index (Phi) is 4.28. The van der Waals surface area contributed by atoms with E-state index in [1.807, 2.05) is 73.4 Å². The van der Waals surface area contributed by atoms with E-state index in [1.54, 1.807) is 0 Å². The Balaban J connectivity index is 1.57. The van der Waals surface area contributed by atoms with E-state index in [0.717, 1.165) is 33.4 Å². The quantitative estimate of drug-likeness (QED) is 0.566. The van der Waals surface area contributed by atoms with Crippen LogP contribution < -0.4 is 5.32 Å². The number of fused-ring (bicyclic) bond motifs is 1. The molecule has 0 aliphatic carbocycles. The first kappa shape index (κ1) is 17.1. The number of hydrogen-bond acceptors (Lipinski definition) is 2. The van der Waals surface area contributed by atoms with E-state index >= 15 is 0 Å². The number of amides is 1. The minimum absolute atomic E-state index is 0.0953. The Morgan fingerprint density at radius 1 is 1.15 bits per heavy atom. The average molecular weight is 358 g/mol. The van der Waals surface area contributed by atoms with Crippen LogP contribution in [0.1, 0.15) is 40.1 Å². The summed E-state index contributed by atoms with van der Waals surface area (Å²) in [6.45, 7) is 6.08. The van der Waals surface area contributed by atoms with Crippen LogP contribution in [0.2, 0.25) is 0 Å². The van der Waals surface area contributed by atoms with Gasteiger partial charge in [-0.3, -0.25) is 4.79 Å². The SMILES string of the molecule is Cc1ccccc1-n1ncc([C@H](C)NC(=O)c2ccc3cc[nH]c3c2)c1C. The van der Waals surface area contributed by atoms with Gasteiger partial charge in [0.05, 0.1) is 17.9 Å². The van der Waals surface area contributed by atoms with Crippen LogP contribution in [0.3, 0.4) is 0 Å². The van der Waals surface area contributed by atoms with Crippen molar-refractivity contribution < 1.29 is 4.79 Å². The molecule has 0 saturated heterocycles. The maximum atomic E-state index is 12.7. The van der Waals surface area contributed by atoms with Crippen molar-refractivity contribution in [3.05, 3.63) is 83.3 Å². The number of benzene rings is 2. The number of para-hydroxylation sites is 1. The van der Waals surface area contributed by atoms with Gasteiger partial charge in [0.1, 0.15) is 0 Å². The zero-order valence-corrected chi connectivity index (χ0v) is 15.7. The highest BCUT2D eigenvalue weighted by Crippen LogP contribution is 2.22. The van der Waals surface area contributed by atoms with Crippen molar-refractivity contribution in [2.24, 2.45) is 0 Å². The lowest BCUT2D eigenvalue weighted by molar-refractivity contribution is 0.0940. The van der Waals surface area contributed by atoms with Gasteiger partial charge in [-0.1, -0.05) is 24.3 Å². The maximum absolute atomic E-state index is 12.7. The van der Waals surface area contributed by atoms with Gasteiger partial charge < -0.3 is 10.3 Å². The van der Waals surface area contributed by atoms with Crippen LogP contribution in [0.5, 0.6) is 0 Å². The zero-order chi connectivity index (χ0) is 19.0. The molecule has 4 rings (SSSR count). The molecule has 4 aromatic rings. The molecule has 0 radical (unpaired) electrons. The first-order valence-corrected chi connectivity index (χ1v) is 9.03. The number of carbonyl (C=O) groups is 1. The van der Waals surface area contributed by atoms with Crippen molar-refractivity contribution in [2.75, 3.05) is 0 Å². The lowest BCUT2D eigenvalue weighted by atomic mass is 10.1. The highest BCUT2D eigenvalue weighted by molar-refractivity contribution is 5.98. The van der Waals surface area contributed by atoms with Crippen LogP contribution >= 0.6 is 0 Å². The molecule has 1 atom stereocenters. The minimum atomic E-state index is -0.144. The second-order valence-corrected chi connectivity index (χ2v) is 6.86. The van der Waals surface area contributed by atoms with Gasteiger partial charge in [-0.05, 0) is 56.0 Å². The molecule has 1 amide bonds. The van der Waals surface area contributed by atoms with Gasteiger partial charge >= 0.3 is 0 Å². The standard InChI is InChI=1S/C22H22N4O/c1-14-6-4-5-7-21(14)26-16(3)19(13-24-26)15(2)25-22(27)18-9-8-17-10-11-23-20(17)12-18/h4-13,15,23H,1-3H3,(H,25,27)/t15-/m0/s1. The molecule has 0 aliphatic heterocycles. The van der Waals surface area contributed by atoms with Gasteiger partial charge in [-0.25, -0.2) is 4.68 Å². The summed E-state index contributed by atoms with van der Waals surface area (Å²) >= 11 is 0. The minimum Gasteiger partial charge on any atom is -0.361 e. The van der Waals surface area contributed by atoms with Crippen LogP contribution in [-0.2, 0) is 0 Å². The number of carbonyl (C=O) groups excluding carboxylic acids is 1. The van der Waals surface area contributed by atoms with Crippen molar-refractivity contribution in [3.8, 4) is 5.69 Å². The molecule has 2 aromatic heterocycles. The average Bonchev–Trinajstić information content (AvgIpc) is 3.28. The van der Waals surface area contributed by atoms with Gasteiger partial charge in [-0.2, -0.15) is 5.10 Å². The van der Waals surface area contributed by atoms with Gasteiger partial charge in [0.15, 0.2) is 0 Å². The third-order valence-electron chi connectivity index (χ3n) is 5.02. The number of aryl methyl sites for hydroxylation is 1. The lowest BCUT2D eigenvalue weighted by Gasteiger charge is -2.15. The van der Waals surface area contributed by atoms with Gasteiger partial charge in [0.2, 0.25) is 0 Å². The number of nitrogens with zero attached hydrogens (tertiary/aromatic N) is 2. The van der Waals surface area contributed by atoms with Crippen molar-refractivity contribution in [1.82, 2.24) is 20.1 Å². The molecule has 0 bridgehead atoms. The first-order chi connectivity index (χ1) is 13.0.